The lowest BCUT2D eigenvalue weighted by atomic mass is 9.90. The van der Waals surface area contributed by atoms with Gasteiger partial charge in [-0.1, -0.05) is 42.3 Å². The quantitative estimate of drug-likeness (QED) is 0.531. The summed E-state index contributed by atoms with van der Waals surface area (Å²) in [6.07, 6.45) is 9.52. The number of rotatable bonds is 5. The highest BCUT2D eigenvalue weighted by molar-refractivity contribution is 7.96. The van der Waals surface area contributed by atoms with E-state index >= 15 is 0 Å². The van der Waals surface area contributed by atoms with Crippen molar-refractivity contribution in [2.24, 2.45) is 0 Å². The number of hydrogen-bond acceptors (Lipinski definition) is 4. The van der Waals surface area contributed by atoms with Gasteiger partial charge in [0.05, 0.1) is 17.3 Å². The molecule has 1 aromatic carbocycles. The predicted molar refractivity (Wildman–Crippen MR) is 126 cm³/mol. The number of hydrogen-bond donors (Lipinski definition) is 0. The zero-order valence-electron chi connectivity index (χ0n) is 17.9. The van der Waals surface area contributed by atoms with Gasteiger partial charge in [-0.3, -0.25) is 9.10 Å². The minimum atomic E-state index is 0.138. The van der Waals surface area contributed by atoms with Gasteiger partial charge in [0.25, 0.3) is 5.91 Å². The summed E-state index contributed by atoms with van der Waals surface area (Å²) in [6, 6.07) is 15.1. The highest BCUT2D eigenvalue weighted by atomic mass is 32.2. The first-order valence-corrected chi connectivity index (χ1v) is 12.4. The molecule has 5 rings (SSSR count). The normalized spacial score (nSPS) is 18.5. The van der Waals surface area contributed by atoms with Gasteiger partial charge in [-0.2, -0.15) is 5.10 Å². The van der Waals surface area contributed by atoms with Crippen LogP contribution in [0.15, 0.2) is 54.9 Å². The van der Waals surface area contributed by atoms with Crippen LogP contribution in [0.25, 0.3) is 5.52 Å². The van der Waals surface area contributed by atoms with Gasteiger partial charge in [0.2, 0.25) is 0 Å². The molecule has 2 aliphatic rings. The van der Waals surface area contributed by atoms with Crippen LogP contribution in [0.1, 0.15) is 59.5 Å². The van der Waals surface area contributed by atoms with Crippen LogP contribution in [0.3, 0.4) is 0 Å². The highest BCUT2D eigenvalue weighted by Gasteiger charge is 2.24. The molecule has 2 aromatic heterocycles. The van der Waals surface area contributed by atoms with Crippen molar-refractivity contribution >= 4 is 23.4 Å². The Morgan fingerprint density at radius 1 is 1.00 bits per heavy atom. The number of piperidine rings is 2. The van der Waals surface area contributed by atoms with E-state index in [4.69, 9.17) is 0 Å². The van der Waals surface area contributed by atoms with Gasteiger partial charge in [-0.15, -0.1) is 0 Å². The molecule has 162 valence electrons. The van der Waals surface area contributed by atoms with E-state index in [2.05, 4.69) is 51.9 Å². The molecular formula is C25H30N4OS. The van der Waals surface area contributed by atoms with E-state index < -0.39 is 0 Å². The molecule has 31 heavy (non-hydrogen) atoms. The highest BCUT2D eigenvalue weighted by Crippen LogP contribution is 2.32. The van der Waals surface area contributed by atoms with Crippen LogP contribution in [0.4, 0.5) is 0 Å². The molecule has 0 atom stereocenters. The number of carbonyl (C=O) groups is 1. The van der Waals surface area contributed by atoms with Crippen LogP contribution in [0, 0.1) is 0 Å². The van der Waals surface area contributed by atoms with Crippen molar-refractivity contribution in [3.63, 3.8) is 0 Å². The Balaban J connectivity index is 1.24. The summed E-state index contributed by atoms with van der Waals surface area (Å²) in [5.41, 5.74) is 4.42. The maximum absolute atomic E-state index is 13.1. The molecule has 2 fully saturated rings. The first-order valence-electron chi connectivity index (χ1n) is 11.5. The van der Waals surface area contributed by atoms with Crippen LogP contribution in [-0.4, -0.2) is 50.9 Å². The zero-order chi connectivity index (χ0) is 21.0. The topological polar surface area (TPSA) is 40.9 Å². The fraction of sp³-hybridized carbons (Fsp3) is 0.440. The Morgan fingerprint density at radius 3 is 2.55 bits per heavy atom. The Morgan fingerprint density at radius 2 is 1.77 bits per heavy atom. The second kappa shape index (κ2) is 9.45. The van der Waals surface area contributed by atoms with Crippen LogP contribution < -0.4 is 0 Å². The molecule has 3 aromatic rings. The molecule has 2 saturated heterocycles. The summed E-state index contributed by atoms with van der Waals surface area (Å²) in [4.78, 5) is 15.1. The van der Waals surface area contributed by atoms with Crippen molar-refractivity contribution < 1.29 is 4.79 Å². The Hall–Kier alpha value is -2.31. The van der Waals surface area contributed by atoms with Gasteiger partial charge < -0.3 is 4.90 Å². The molecule has 0 N–H and O–H groups in total. The molecule has 0 spiro atoms. The van der Waals surface area contributed by atoms with Gasteiger partial charge in [0.15, 0.2) is 0 Å². The largest absolute Gasteiger partial charge is 0.339 e. The molecule has 0 saturated carbocycles. The average Bonchev–Trinajstić information content (AvgIpc) is 3.27. The maximum atomic E-state index is 13.1. The lowest BCUT2D eigenvalue weighted by Crippen LogP contribution is -2.35. The summed E-state index contributed by atoms with van der Waals surface area (Å²) in [5.74, 6) is 1.72. The van der Waals surface area contributed by atoms with Crippen LogP contribution in [0.2, 0.25) is 0 Å². The Bertz CT molecular complexity index is 1020. The fourth-order valence-corrected chi connectivity index (χ4v) is 5.73. The number of nitrogens with zero attached hydrogens (tertiary/aromatic N) is 4. The molecule has 0 bridgehead atoms. The lowest BCUT2D eigenvalue weighted by molar-refractivity contribution is 0.0726. The van der Waals surface area contributed by atoms with Crippen molar-refractivity contribution in [2.75, 3.05) is 26.2 Å². The molecule has 6 heteroatoms. The number of likely N-dealkylation sites (tertiary alicyclic amines) is 1. The van der Waals surface area contributed by atoms with Crippen molar-refractivity contribution in [1.82, 2.24) is 18.8 Å². The third kappa shape index (κ3) is 4.65. The molecule has 0 aliphatic carbocycles. The monoisotopic (exact) mass is 434 g/mol. The molecule has 1 amide bonds. The molecule has 0 radical (unpaired) electrons. The first-order chi connectivity index (χ1) is 15.3. The van der Waals surface area contributed by atoms with Crippen LogP contribution in [0.5, 0.6) is 0 Å². The third-order valence-electron chi connectivity index (χ3n) is 6.60. The molecule has 5 nitrogen and oxygen atoms in total. The number of aromatic nitrogens is 2. The first kappa shape index (κ1) is 20.6. The summed E-state index contributed by atoms with van der Waals surface area (Å²) < 4.78 is 4.36. The SMILES string of the molecule is O=C(c1cnn2ccc(C3CCN(SCc4ccccc4)CC3)cc12)N1CCCCC1. The zero-order valence-corrected chi connectivity index (χ0v) is 18.8. The van der Waals surface area contributed by atoms with Crippen molar-refractivity contribution in [3.05, 3.63) is 71.5 Å². The smallest absolute Gasteiger partial charge is 0.257 e. The van der Waals surface area contributed by atoms with E-state index in [9.17, 15) is 4.79 Å². The Kier molecular flexibility index (Phi) is 6.27. The fourth-order valence-electron chi connectivity index (χ4n) is 4.74. The maximum Gasteiger partial charge on any atom is 0.257 e. The number of fused-ring (bicyclic) bond motifs is 1. The van der Waals surface area contributed by atoms with E-state index in [-0.39, 0.29) is 5.91 Å². The van der Waals surface area contributed by atoms with Crippen LogP contribution in [-0.2, 0) is 5.75 Å². The van der Waals surface area contributed by atoms with Crippen LogP contribution >= 0.6 is 11.9 Å². The van der Waals surface area contributed by atoms with Gasteiger partial charge >= 0.3 is 0 Å². The summed E-state index contributed by atoms with van der Waals surface area (Å²) >= 11 is 1.94. The van der Waals surface area contributed by atoms with E-state index in [0.717, 1.165) is 68.7 Å². The second-order valence-corrected chi connectivity index (χ2v) is 9.73. The lowest BCUT2D eigenvalue weighted by Gasteiger charge is -2.31. The summed E-state index contributed by atoms with van der Waals surface area (Å²) in [5, 5.41) is 4.44. The molecule has 4 heterocycles. The van der Waals surface area contributed by atoms with Crippen molar-refractivity contribution in [2.45, 2.75) is 43.8 Å². The minimum absolute atomic E-state index is 0.138. The summed E-state index contributed by atoms with van der Waals surface area (Å²) in [6.45, 7) is 3.95. The predicted octanol–water partition coefficient (Wildman–Crippen LogP) is 4.99. The standard InChI is InChI=1S/C25H30N4OS/c30-25(27-12-5-2-6-13-27)23-18-26-29-16-11-22(17-24(23)29)21-9-14-28(15-10-21)31-19-20-7-3-1-4-8-20/h1,3-4,7-8,11,16-18,21H,2,5-6,9-10,12-15,19H2. The van der Waals surface area contributed by atoms with E-state index in [1.807, 2.05) is 27.6 Å². The van der Waals surface area contributed by atoms with E-state index in [1.54, 1.807) is 6.20 Å². The van der Waals surface area contributed by atoms with Gasteiger partial charge in [0.1, 0.15) is 0 Å². The average molecular weight is 435 g/mol. The van der Waals surface area contributed by atoms with E-state index in [0.29, 0.717) is 5.92 Å². The number of pyridine rings is 1. The number of benzene rings is 1. The van der Waals surface area contributed by atoms with Gasteiger partial charge in [0, 0.05) is 38.1 Å². The van der Waals surface area contributed by atoms with Gasteiger partial charge in [-0.25, -0.2) is 4.52 Å². The minimum Gasteiger partial charge on any atom is -0.339 e. The molecular weight excluding hydrogens is 404 g/mol. The van der Waals surface area contributed by atoms with Crippen molar-refractivity contribution in [3.8, 4) is 0 Å². The van der Waals surface area contributed by atoms with E-state index in [1.165, 1.54) is 17.5 Å². The Labute approximate surface area is 188 Å². The molecule has 0 unspecified atom stereocenters. The summed E-state index contributed by atoms with van der Waals surface area (Å²) in [7, 11) is 0. The molecule has 2 aliphatic heterocycles. The number of carbonyl (C=O) groups excluding carboxylic acids is 1. The second-order valence-electron chi connectivity index (χ2n) is 8.66. The van der Waals surface area contributed by atoms with Gasteiger partial charge in [-0.05, 0) is 61.3 Å². The third-order valence-corrected chi connectivity index (χ3v) is 7.79. The van der Waals surface area contributed by atoms with Crippen molar-refractivity contribution in [1.29, 1.82) is 0 Å². The number of amides is 1.